The number of anilines is 1. The van der Waals surface area contributed by atoms with Crippen LogP contribution in [0.5, 0.6) is 0 Å². The van der Waals surface area contributed by atoms with Gasteiger partial charge in [-0.05, 0) is 44.8 Å². The van der Waals surface area contributed by atoms with Gasteiger partial charge in [-0.1, -0.05) is 49.4 Å². The van der Waals surface area contributed by atoms with E-state index in [4.69, 9.17) is 15.6 Å². The molecular weight excluding hydrogens is 502 g/mol. The summed E-state index contributed by atoms with van der Waals surface area (Å²) in [6.07, 6.45) is -2.21. The molecule has 1 fully saturated rings. The van der Waals surface area contributed by atoms with Crippen LogP contribution < -0.4 is 17.0 Å². The molecule has 5 aromatic rings. The van der Waals surface area contributed by atoms with Gasteiger partial charge in [0.15, 0.2) is 12.0 Å². The zero-order chi connectivity index (χ0) is 27.8. The van der Waals surface area contributed by atoms with Crippen molar-refractivity contribution in [3.63, 3.8) is 0 Å². The molecule has 39 heavy (non-hydrogen) atoms. The standard InChI is InChI=1S/C20H17NO.C9H12N2O6/c1-2-4-17(22)20-15-10-9-13-6-3-5-12-7-8-14(11-16(20)21)19(15)18(12)13;12-3-4-6(14)7(15)8(17-4)11-2-1-5(13)10-9(11)16/h3,5-11H,2,4,21H2,1H3;1-2,4,6-8,12,14-15H,3H2,(H,10,13,16)/t;4-,6-,7-,8-/m.1/s1. The average molecular weight is 532 g/mol. The minimum Gasteiger partial charge on any atom is -0.398 e. The molecule has 10 nitrogen and oxygen atoms in total. The number of ketones is 1. The third-order valence-corrected chi connectivity index (χ3v) is 7.08. The number of ether oxygens (including phenoxy) is 1. The van der Waals surface area contributed by atoms with E-state index in [-0.39, 0.29) is 5.78 Å². The Labute approximate surface area is 222 Å². The van der Waals surface area contributed by atoms with E-state index < -0.39 is 42.4 Å². The van der Waals surface area contributed by atoms with Crippen LogP contribution in [-0.4, -0.2) is 55.6 Å². The first-order valence-corrected chi connectivity index (χ1v) is 12.7. The number of nitrogens with zero attached hydrogens (tertiary/aromatic N) is 1. The predicted molar refractivity (Wildman–Crippen MR) is 148 cm³/mol. The number of nitrogens with two attached hydrogens (primary N) is 1. The Kier molecular flexibility index (Phi) is 7.19. The number of rotatable bonds is 5. The van der Waals surface area contributed by atoms with E-state index in [2.05, 4.69) is 36.4 Å². The lowest BCUT2D eigenvalue weighted by Gasteiger charge is -2.16. The van der Waals surface area contributed by atoms with Crippen molar-refractivity contribution in [2.75, 3.05) is 12.3 Å². The van der Waals surface area contributed by atoms with Crippen molar-refractivity contribution in [1.82, 2.24) is 9.55 Å². The molecule has 1 aliphatic heterocycles. The molecule has 0 amide bonds. The van der Waals surface area contributed by atoms with Gasteiger partial charge in [-0.3, -0.25) is 19.1 Å². The van der Waals surface area contributed by atoms with Crippen LogP contribution in [0.25, 0.3) is 32.3 Å². The Bertz CT molecular complexity index is 1760. The average Bonchev–Trinajstić information content (AvgIpc) is 3.20. The van der Waals surface area contributed by atoms with E-state index in [1.807, 2.05) is 24.0 Å². The lowest BCUT2D eigenvalue weighted by Crippen LogP contribution is -2.37. The molecular formula is C29H29N3O7. The minimum atomic E-state index is -1.35. The third-order valence-electron chi connectivity index (χ3n) is 7.08. The Morgan fingerprint density at radius 2 is 1.69 bits per heavy atom. The fourth-order valence-corrected chi connectivity index (χ4v) is 5.23. The highest BCUT2D eigenvalue weighted by molar-refractivity contribution is 6.28. The molecule has 4 aromatic carbocycles. The fraction of sp³-hybridized carbons (Fsp3) is 0.276. The van der Waals surface area contributed by atoms with Gasteiger partial charge in [0.25, 0.3) is 5.56 Å². The first-order chi connectivity index (χ1) is 18.7. The number of aromatic amines is 1. The number of nitrogens with one attached hydrogen (secondary N) is 1. The number of nitrogen functional groups attached to an aromatic ring is 1. The summed E-state index contributed by atoms with van der Waals surface area (Å²) in [5.41, 5.74) is 6.15. The van der Waals surface area contributed by atoms with E-state index in [1.54, 1.807) is 0 Å². The number of aromatic nitrogens is 2. The second kappa shape index (κ2) is 10.6. The van der Waals surface area contributed by atoms with Gasteiger partial charge in [-0.15, -0.1) is 0 Å². The summed E-state index contributed by atoms with van der Waals surface area (Å²) < 4.78 is 6.08. The number of benzene rings is 4. The van der Waals surface area contributed by atoms with Gasteiger partial charge in [0, 0.05) is 29.9 Å². The van der Waals surface area contributed by atoms with Crippen LogP contribution in [0, 0.1) is 0 Å². The molecule has 202 valence electrons. The summed E-state index contributed by atoms with van der Waals surface area (Å²) in [5.74, 6) is 0.137. The first kappa shape index (κ1) is 26.5. The SMILES string of the molecule is CCCC(=O)c1c(N)cc2ccc3cccc4ccc1c2c34.O=c1ccn([C@@H]2O[C@H](CO)[C@@H](O)[C@H]2O)c(=O)[nH]1. The Balaban J connectivity index is 0.000000164. The van der Waals surface area contributed by atoms with Crippen LogP contribution in [0.2, 0.25) is 0 Å². The third kappa shape index (κ3) is 4.68. The molecule has 0 aliphatic carbocycles. The van der Waals surface area contributed by atoms with Crippen molar-refractivity contribution in [2.45, 2.75) is 44.3 Å². The highest BCUT2D eigenvalue weighted by Crippen LogP contribution is 2.38. The fourth-order valence-electron chi connectivity index (χ4n) is 5.23. The van der Waals surface area contributed by atoms with Gasteiger partial charge in [-0.2, -0.15) is 0 Å². The van der Waals surface area contributed by atoms with Gasteiger partial charge in [0.1, 0.15) is 18.3 Å². The van der Waals surface area contributed by atoms with Crippen LogP contribution in [0.15, 0.2) is 70.4 Å². The molecule has 0 bridgehead atoms. The smallest absolute Gasteiger partial charge is 0.330 e. The molecule has 1 aromatic heterocycles. The number of hydrogen-bond acceptors (Lipinski definition) is 8. The summed E-state index contributed by atoms with van der Waals surface area (Å²) in [4.78, 5) is 36.8. The second-order valence-electron chi connectivity index (χ2n) is 9.62. The molecule has 0 spiro atoms. The van der Waals surface area contributed by atoms with E-state index in [0.717, 1.165) is 39.4 Å². The number of H-pyrrole nitrogens is 1. The van der Waals surface area contributed by atoms with Gasteiger partial charge < -0.3 is 25.8 Å². The van der Waals surface area contributed by atoms with Crippen LogP contribution >= 0.6 is 0 Å². The van der Waals surface area contributed by atoms with E-state index in [0.29, 0.717) is 17.7 Å². The van der Waals surface area contributed by atoms with E-state index in [1.165, 1.54) is 16.2 Å². The summed E-state index contributed by atoms with van der Waals surface area (Å²) in [7, 11) is 0. The van der Waals surface area contributed by atoms with Crippen molar-refractivity contribution in [1.29, 1.82) is 0 Å². The van der Waals surface area contributed by atoms with Gasteiger partial charge in [-0.25, -0.2) is 4.79 Å². The van der Waals surface area contributed by atoms with E-state index in [9.17, 15) is 24.6 Å². The highest BCUT2D eigenvalue weighted by Gasteiger charge is 2.43. The second-order valence-corrected chi connectivity index (χ2v) is 9.62. The molecule has 6 rings (SSSR count). The number of aliphatic hydroxyl groups is 3. The zero-order valence-corrected chi connectivity index (χ0v) is 21.2. The molecule has 0 saturated carbocycles. The Morgan fingerprint density at radius 1 is 1.00 bits per heavy atom. The molecule has 4 atom stereocenters. The number of carbonyl (C=O) groups is 1. The lowest BCUT2D eigenvalue weighted by molar-refractivity contribution is -0.0550. The number of aliphatic hydroxyl groups excluding tert-OH is 3. The number of hydrogen-bond donors (Lipinski definition) is 5. The van der Waals surface area contributed by atoms with Crippen molar-refractivity contribution >= 4 is 43.8 Å². The Hall–Kier alpha value is -4.09. The van der Waals surface area contributed by atoms with E-state index >= 15 is 0 Å². The van der Waals surface area contributed by atoms with Gasteiger partial charge in [0.05, 0.1) is 6.61 Å². The summed E-state index contributed by atoms with van der Waals surface area (Å²) in [5, 5.41) is 34.9. The van der Waals surface area contributed by atoms with Crippen molar-refractivity contribution in [3.05, 3.63) is 87.2 Å². The molecule has 2 heterocycles. The quantitative estimate of drug-likeness (QED) is 0.131. The van der Waals surface area contributed by atoms with Crippen molar-refractivity contribution in [2.24, 2.45) is 0 Å². The van der Waals surface area contributed by atoms with Crippen molar-refractivity contribution in [3.8, 4) is 0 Å². The van der Waals surface area contributed by atoms with Crippen LogP contribution in [0.1, 0.15) is 36.4 Å². The lowest BCUT2D eigenvalue weighted by atomic mass is 9.89. The maximum atomic E-state index is 12.5. The summed E-state index contributed by atoms with van der Waals surface area (Å²) in [6.45, 7) is 1.54. The van der Waals surface area contributed by atoms with Crippen LogP contribution in [0.4, 0.5) is 5.69 Å². The number of Topliss-reactive ketones (excluding diaryl/α,β-unsaturated/α-hetero) is 1. The van der Waals surface area contributed by atoms with Gasteiger partial charge in [0.2, 0.25) is 0 Å². The maximum Gasteiger partial charge on any atom is 0.330 e. The Morgan fingerprint density at radius 3 is 2.33 bits per heavy atom. The van der Waals surface area contributed by atoms with Crippen molar-refractivity contribution < 1.29 is 24.9 Å². The normalized spacial score (nSPS) is 20.9. The molecule has 0 unspecified atom stereocenters. The number of carbonyl (C=O) groups excluding carboxylic acids is 1. The zero-order valence-electron chi connectivity index (χ0n) is 21.2. The van der Waals surface area contributed by atoms with Crippen LogP contribution in [0.3, 0.4) is 0 Å². The molecule has 0 radical (unpaired) electrons. The summed E-state index contributed by atoms with van der Waals surface area (Å²) >= 11 is 0. The monoisotopic (exact) mass is 531 g/mol. The van der Waals surface area contributed by atoms with Crippen LogP contribution in [-0.2, 0) is 4.74 Å². The maximum absolute atomic E-state index is 12.5. The first-order valence-electron chi connectivity index (χ1n) is 12.7. The molecule has 1 saturated heterocycles. The molecule has 6 N–H and O–H groups in total. The predicted octanol–water partition coefficient (Wildman–Crippen LogP) is 2.30. The highest BCUT2D eigenvalue weighted by atomic mass is 16.6. The topological polar surface area (TPSA) is 168 Å². The van der Waals surface area contributed by atoms with Gasteiger partial charge >= 0.3 is 5.69 Å². The summed E-state index contributed by atoms with van der Waals surface area (Å²) in [6, 6.07) is 17.7. The minimum absolute atomic E-state index is 0.137. The molecule has 1 aliphatic rings. The largest absolute Gasteiger partial charge is 0.398 e. The molecule has 10 heteroatoms.